The van der Waals surface area contributed by atoms with Crippen molar-refractivity contribution in [1.82, 2.24) is 25.4 Å². The number of benzene rings is 1. The van der Waals surface area contributed by atoms with Crippen molar-refractivity contribution in [2.75, 3.05) is 6.54 Å². The zero-order valence-corrected chi connectivity index (χ0v) is 15.5. The Balaban J connectivity index is 1.49. The Hall–Kier alpha value is -2.51. The highest BCUT2D eigenvalue weighted by Crippen LogP contribution is 2.27. The molecule has 0 saturated carbocycles. The minimum atomic E-state index is -0.101. The lowest BCUT2D eigenvalue weighted by molar-refractivity contribution is 0.0955. The predicted molar refractivity (Wildman–Crippen MR) is 102 cm³/mol. The Morgan fingerprint density at radius 3 is 3.04 bits per heavy atom. The number of aryl methyl sites for hydroxylation is 2. The molecule has 2 aromatic heterocycles. The minimum Gasteiger partial charge on any atom is -0.346 e. The summed E-state index contributed by atoms with van der Waals surface area (Å²) in [5, 5.41) is 11.9. The van der Waals surface area contributed by atoms with Crippen LogP contribution >= 0.6 is 11.3 Å². The Morgan fingerprint density at radius 1 is 1.35 bits per heavy atom. The summed E-state index contributed by atoms with van der Waals surface area (Å²) in [5.74, 6) is -0.101. The van der Waals surface area contributed by atoms with Crippen LogP contribution in [0.5, 0.6) is 0 Å². The fourth-order valence-electron chi connectivity index (χ4n) is 3.13. The molecular formula is C19H21N5OS. The van der Waals surface area contributed by atoms with E-state index in [9.17, 15) is 4.79 Å². The first kappa shape index (κ1) is 16.9. The van der Waals surface area contributed by atoms with Gasteiger partial charge < -0.3 is 10.6 Å². The van der Waals surface area contributed by atoms with Gasteiger partial charge in [-0.15, -0.1) is 11.3 Å². The number of nitrogens with one attached hydrogen (secondary N) is 2. The van der Waals surface area contributed by atoms with Crippen LogP contribution in [0.25, 0.3) is 11.3 Å². The van der Waals surface area contributed by atoms with Gasteiger partial charge in [-0.05, 0) is 26.0 Å². The molecule has 0 atom stereocenters. The fourth-order valence-corrected chi connectivity index (χ4v) is 3.99. The van der Waals surface area contributed by atoms with E-state index in [0.29, 0.717) is 11.4 Å². The van der Waals surface area contributed by atoms with Crippen LogP contribution < -0.4 is 10.6 Å². The Bertz CT molecular complexity index is 892. The first-order valence-electron chi connectivity index (χ1n) is 8.78. The quantitative estimate of drug-likeness (QED) is 0.744. The average Bonchev–Trinajstić information content (AvgIpc) is 3.17. The van der Waals surface area contributed by atoms with Crippen molar-refractivity contribution < 1.29 is 4.79 Å². The molecule has 0 aliphatic carbocycles. The lowest BCUT2D eigenvalue weighted by atomic mass is 10.1. The van der Waals surface area contributed by atoms with Crippen molar-refractivity contribution in [1.29, 1.82) is 0 Å². The average molecular weight is 367 g/mol. The molecule has 1 aliphatic heterocycles. The maximum absolute atomic E-state index is 12.7. The van der Waals surface area contributed by atoms with Crippen molar-refractivity contribution in [3.05, 3.63) is 57.7 Å². The topological polar surface area (TPSA) is 71.8 Å². The maximum Gasteiger partial charge on any atom is 0.263 e. The van der Waals surface area contributed by atoms with Crippen molar-refractivity contribution in [3.8, 4) is 11.3 Å². The van der Waals surface area contributed by atoms with E-state index >= 15 is 0 Å². The van der Waals surface area contributed by atoms with Crippen molar-refractivity contribution in [2.24, 2.45) is 0 Å². The van der Waals surface area contributed by atoms with Crippen molar-refractivity contribution in [3.63, 3.8) is 0 Å². The molecular weight excluding hydrogens is 346 g/mol. The third-order valence-corrected chi connectivity index (χ3v) is 5.33. The molecule has 134 valence electrons. The number of carbonyl (C=O) groups is 1. The summed E-state index contributed by atoms with van der Waals surface area (Å²) in [4.78, 5) is 17.9. The third-order valence-electron chi connectivity index (χ3n) is 4.36. The number of nitrogens with zero attached hydrogens (tertiary/aromatic N) is 3. The highest BCUT2D eigenvalue weighted by Gasteiger charge is 2.18. The standard InChI is InChI=1S/C19H21N5OS/c1-13-22-17(14-6-3-2-4-7-14)18(26-13)19(25)21-11-15-10-16-12-20-8-5-9-24(16)23-15/h2-4,6-7,10,20H,5,8-9,11-12H2,1H3,(H,21,25). The summed E-state index contributed by atoms with van der Waals surface area (Å²) in [6, 6.07) is 11.9. The molecule has 7 heteroatoms. The fraction of sp³-hybridized carbons (Fsp3) is 0.316. The number of fused-ring (bicyclic) bond motifs is 1. The van der Waals surface area contributed by atoms with Gasteiger partial charge in [0.05, 0.1) is 28.6 Å². The van der Waals surface area contributed by atoms with Gasteiger partial charge in [0.1, 0.15) is 4.88 Å². The molecule has 0 radical (unpaired) electrons. The molecule has 0 fully saturated rings. The number of hydrogen-bond donors (Lipinski definition) is 2. The molecule has 2 N–H and O–H groups in total. The molecule has 6 nitrogen and oxygen atoms in total. The minimum absolute atomic E-state index is 0.101. The highest BCUT2D eigenvalue weighted by atomic mass is 32.1. The zero-order valence-electron chi connectivity index (χ0n) is 14.7. The van der Waals surface area contributed by atoms with E-state index in [1.54, 1.807) is 0 Å². The Morgan fingerprint density at radius 2 is 2.19 bits per heavy atom. The Kier molecular flexibility index (Phi) is 4.81. The number of thiazole rings is 1. The van der Waals surface area contributed by atoms with Gasteiger partial charge >= 0.3 is 0 Å². The second-order valence-electron chi connectivity index (χ2n) is 6.34. The van der Waals surface area contributed by atoms with Crippen LogP contribution in [-0.4, -0.2) is 27.2 Å². The van der Waals surface area contributed by atoms with E-state index < -0.39 is 0 Å². The number of amides is 1. The molecule has 4 rings (SSSR count). The number of rotatable bonds is 4. The van der Waals surface area contributed by atoms with Gasteiger partial charge in [-0.1, -0.05) is 30.3 Å². The van der Waals surface area contributed by atoms with E-state index in [-0.39, 0.29) is 5.91 Å². The second-order valence-corrected chi connectivity index (χ2v) is 7.54. The van der Waals surface area contributed by atoms with Crippen LogP contribution in [-0.2, 0) is 19.6 Å². The van der Waals surface area contributed by atoms with Gasteiger partial charge in [0.15, 0.2) is 0 Å². The second kappa shape index (κ2) is 7.39. The summed E-state index contributed by atoms with van der Waals surface area (Å²) in [6.45, 7) is 5.11. The largest absolute Gasteiger partial charge is 0.346 e. The summed E-state index contributed by atoms with van der Waals surface area (Å²) in [7, 11) is 0. The molecule has 1 aromatic carbocycles. The van der Waals surface area contributed by atoms with Crippen LogP contribution in [0.3, 0.4) is 0 Å². The zero-order chi connectivity index (χ0) is 17.9. The lowest BCUT2D eigenvalue weighted by Gasteiger charge is -2.04. The molecule has 1 amide bonds. The number of hydrogen-bond acceptors (Lipinski definition) is 5. The van der Waals surface area contributed by atoms with Gasteiger partial charge in [-0.3, -0.25) is 9.48 Å². The molecule has 3 heterocycles. The van der Waals surface area contributed by atoms with Gasteiger partial charge in [0.2, 0.25) is 0 Å². The summed E-state index contributed by atoms with van der Waals surface area (Å²) in [6.07, 6.45) is 1.07. The smallest absolute Gasteiger partial charge is 0.263 e. The number of aromatic nitrogens is 3. The first-order valence-corrected chi connectivity index (χ1v) is 9.60. The van der Waals surface area contributed by atoms with Crippen LogP contribution in [0.2, 0.25) is 0 Å². The molecule has 1 aliphatic rings. The van der Waals surface area contributed by atoms with E-state index in [2.05, 4.69) is 26.8 Å². The molecule has 3 aromatic rings. The van der Waals surface area contributed by atoms with Crippen molar-refractivity contribution in [2.45, 2.75) is 33.0 Å². The highest BCUT2D eigenvalue weighted by molar-refractivity contribution is 7.14. The van der Waals surface area contributed by atoms with Crippen LogP contribution in [0.1, 0.15) is 32.5 Å². The monoisotopic (exact) mass is 367 g/mol. The molecule has 0 bridgehead atoms. The maximum atomic E-state index is 12.7. The SMILES string of the molecule is Cc1nc(-c2ccccc2)c(C(=O)NCc2cc3n(n2)CCCNC3)s1. The lowest BCUT2D eigenvalue weighted by Crippen LogP contribution is -2.23. The van der Waals surface area contributed by atoms with Crippen LogP contribution in [0, 0.1) is 6.92 Å². The summed E-state index contributed by atoms with van der Waals surface area (Å²) in [5.41, 5.74) is 3.77. The van der Waals surface area contributed by atoms with Crippen LogP contribution in [0.4, 0.5) is 0 Å². The third kappa shape index (κ3) is 3.54. The number of carbonyl (C=O) groups excluding carboxylic acids is 1. The van der Waals surface area contributed by atoms with E-state index in [1.165, 1.54) is 17.0 Å². The summed E-state index contributed by atoms with van der Waals surface area (Å²) < 4.78 is 2.04. The van der Waals surface area contributed by atoms with Gasteiger partial charge in [0.25, 0.3) is 5.91 Å². The summed E-state index contributed by atoms with van der Waals surface area (Å²) >= 11 is 1.42. The van der Waals surface area contributed by atoms with Crippen LogP contribution in [0.15, 0.2) is 36.4 Å². The normalized spacial score (nSPS) is 13.9. The first-order chi connectivity index (χ1) is 12.7. The molecule has 0 spiro atoms. The Labute approximate surface area is 156 Å². The van der Waals surface area contributed by atoms with Crippen molar-refractivity contribution >= 4 is 17.2 Å². The van der Waals surface area contributed by atoms with E-state index in [1.807, 2.05) is 41.9 Å². The molecule has 26 heavy (non-hydrogen) atoms. The van der Waals surface area contributed by atoms with Gasteiger partial charge in [0, 0.05) is 18.7 Å². The van der Waals surface area contributed by atoms with E-state index in [0.717, 1.165) is 48.0 Å². The van der Waals surface area contributed by atoms with Gasteiger partial charge in [-0.2, -0.15) is 5.10 Å². The van der Waals surface area contributed by atoms with E-state index in [4.69, 9.17) is 0 Å². The molecule has 0 saturated heterocycles. The van der Waals surface area contributed by atoms with Gasteiger partial charge in [-0.25, -0.2) is 4.98 Å². The molecule has 0 unspecified atom stereocenters. The predicted octanol–water partition coefficient (Wildman–Crippen LogP) is 2.74.